The van der Waals surface area contributed by atoms with Gasteiger partial charge in [0.05, 0.1) is 12.6 Å². The zero-order chi connectivity index (χ0) is 14.1. The summed E-state index contributed by atoms with van der Waals surface area (Å²) in [5, 5.41) is 8.74. The Labute approximate surface area is 119 Å². The van der Waals surface area contributed by atoms with E-state index in [4.69, 9.17) is 4.74 Å². The summed E-state index contributed by atoms with van der Waals surface area (Å²) in [5.74, 6) is 1.92. The van der Waals surface area contributed by atoms with Gasteiger partial charge in [0.15, 0.2) is 5.82 Å². The molecule has 2 heterocycles. The van der Waals surface area contributed by atoms with Crippen molar-refractivity contribution < 1.29 is 4.74 Å². The highest BCUT2D eigenvalue weighted by molar-refractivity contribution is 5.91. The van der Waals surface area contributed by atoms with Crippen LogP contribution in [0.3, 0.4) is 0 Å². The summed E-state index contributed by atoms with van der Waals surface area (Å²) in [6.45, 7) is 8.74. The van der Waals surface area contributed by atoms with Crippen LogP contribution in [-0.4, -0.2) is 54.4 Å². The molecule has 2 aromatic rings. The zero-order valence-electron chi connectivity index (χ0n) is 12.4. The molecule has 1 aromatic heterocycles. The maximum Gasteiger partial charge on any atom is 0.158 e. The van der Waals surface area contributed by atoms with E-state index < -0.39 is 0 Å². The second-order valence-corrected chi connectivity index (χ2v) is 5.58. The number of benzene rings is 1. The lowest BCUT2D eigenvalue weighted by atomic mass is 10.2. The molecule has 1 aliphatic rings. The minimum absolute atomic E-state index is 0.619. The summed E-state index contributed by atoms with van der Waals surface area (Å²) in [6.07, 6.45) is 0. The molecule has 0 aliphatic carbocycles. The van der Waals surface area contributed by atoms with E-state index in [-0.39, 0.29) is 0 Å². The summed E-state index contributed by atoms with van der Waals surface area (Å²) in [5.41, 5.74) is 1.06. The molecule has 1 N–H and O–H groups in total. The van der Waals surface area contributed by atoms with Crippen molar-refractivity contribution in [1.82, 2.24) is 15.1 Å². The lowest BCUT2D eigenvalue weighted by Crippen LogP contribution is -2.49. The Morgan fingerprint density at radius 1 is 1.20 bits per heavy atom. The Morgan fingerprint density at radius 2 is 1.95 bits per heavy atom. The van der Waals surface area contributed by atoms with Gasteiger partial charge < -0.3 is 9.64 Å². The Morgan fingerprint density at radius 3 is 2.60 bits per heavy atom. The molecule has 0 spiro atoms. The number of nitrogens with one attached hydrogen (secondary N) is 1. The number of anilines is 1. The number of hydrogen-bond acceptors (Lipinski definition) is 4. The van der Waals surface area contributed by atoms with Crippen LogP contribution in [0, 0.1) is 0 Å². The van der Waals surface area contributed by atoms with Crippen LogP contribution in [0.4, 0.5) is 5.82 Å². The predicted octanol–water partition coefficient (Wildman–Crippen LogP) is 2.10. The normalized spacial score (nSPS) is 17.1. The molecule has 0 unspecified atom stereocenters. The number of aromatic nitrogens is 2. The Hall–Kier alpha value is -1.75. The number of hydrogen-bond donors (Lipinski definition) is 1. The molecule has 108 valence electrons. The smallest absolute Gasteiger partial charge is 0.158 e. The molecule has 5 heteroatoms. The van der Waals surface area contributed by atoms with Crippen LogP contribution in [0.1, 0.15) is 13.8 Å². The summed E-state index contributed by atoms with van der Waals surface area (Å²) in [4.78, 5) is 4.86. The SMILES string of the molecule is COc1ccc2[nH]nc(N3CCN(C(C)C)CC3)c2c1. The highest BCUT2D eigenvalue weighted by atomic mass is 16.5. The van der Waals surface area contributed by atoms with Crippen molar-refractivity contribution in [3.63, 3.8) is 0 Å². The number of methoxy groups -OCH3 is 1. The number of rotatable bonds is 3. The number of ether oxygens (including phenoxy) is 1. The Balaban J connectivity index is 1.84. The molecule has 20 heavy (non-hydrogen) atoms. The van der Waals surface area contributed by atoms with E-state index in [9.17, 15) is 0 Å². The lowest BCUT2D eigenvalue weighted by Gasteiger charge is -2.37. The fourth-order valence-corrected chi connectivity index (χ4v) is 2.80. The van der Waals surface area contributed by atoms with Gasteiger partial charge in [-0.3, -0.25) is 10.00 Å². The summed E-state index contributed by atoms with van der Waals surface area (Å²) in [7, 11) is 1.70. The molecular formula is C15H22N4O. The first-order chi connectivity index (χ1) is 9.69. The number of piperazine rings is 1. The van der Waals surface area contributed by atoms with Crippen LogP contribution in [0.2, 0.25) is 0 Å². The molecule has 1 aromatic carbocycles. The van der Waals surface area contributed by atoms with E-state index in [1.807, 2.05) is 12.1 Å². The number of nitrogens with zero attached hydrogens (tertiary/aromatic N) is 3. The van der Waals surface area contributed by atoms with Gasteiger partial charge >= 0.3 is 0 Å². The molecule has 5 nitrogen and oxygen atoms in total. The van der Waals surface area contributed by atoms with Gasteiger partial charge in [-0.1, -0.05) is 0 Å². The molecule has 0 amide bonds. The van der Waals surface area contributed by atoms with E-state index in [1.54, 1.807) is 7.11 Å². The van der Waals surface area contributed by atoms with E-state index in [0.717, 1.165) is 48.6 Å². The Bertz CT molecular complexity index is 585. The number of aromatic amines is 1. The fraction of sp³-hybridized carbons (Fsp3) is 0.533. The second-order valence-electron chi connectivity index (χ2n) is 5.58. The van der Waals surface area contributed by atoms with Crippen molar-refractivity contribution in [3.8, 4) is 5.75 Å². The highest BCUT2D eigenvalue weighted by Crippen LogP contribution is 2.28. The van der Waals surface area contributed by atoms with Crippen molar-refractivity contribution >= 4 is 16.7 Å². The molecule has 0 radical (unpaired) electrons. The molecule has 0 bridgehead atoms. The van der Waals surface area contributed by atoms with Gasteiger partial charge in [0.1, 0.15) is 5.75 Å². The first-order valence-electron chi connectivity index (χ1n) is 7.20. The third-order valence-electron chi connectivity index (χ3n) is 4.09. The first-order valence-corrected chi connectivity index (χ1v) is 7.20. The van der Waals surface area contributed by atoms with Crippen LogP contribution in [-0.2, 0) is 0 Å². The maximum absolute atomic E-state index is 5.31. The van der Waals surface area contributed by atoms with Crippen molar-refractivity contribution in [1.29, 1.82) is 0 Å². The molecule has 1 aliphatic heterocycles. The first kappa shape index (κ1) is 13.2. The lowest BCUT2D eigenvalue weighted by molar-refractivity contribution is 0.209. The van der Waals surface area contributed by atoms with Crippen molar-refractivity contribution in [2.45, 2.75) is 19.9 Å². The van der Waals surface area contributed by atoms with Gasteiger partial charge in [-0.25, -0.2) is 0 Å². The number of fused-ring (bicyclic) bond motifs is 1. The predicted molar refractivity (Wildman–Crippen MR) is 81.6 cm³/mol. The average Bonchev–Trinajstić information content (AvgIpc) is 2.90. The maximum atomic E-state index is 5.31. The topological polar surface area (TPSA) is 44.4 Å². The standard InChI is InChI=1S/C15H22N4O/c1-11(2)18-6-8-19(9-7-18)15-13-10-12(20-3)4-5-14(13)16-17-15/h4-5,10-11H,6-9H2,1-3H3,(H,16,17). The summed E-state index contributed by atoms with van der Waals surface area (Å²) < 4.78 is 5.31. The fourth-order valence-electron chi connectivity index (χ4n) is 2.80. The third-order valence-corrected chi connectivity index (χ3v) is 4.09. The van der Waals surface area contributed by atoms with E-state index >= 15 is 0 Å². The molecule has 0 saturated carbocycles. The minimum Gasteiger partial charge on any atom is -0.497 e. The summed E-state index contributed by atoms with van der Waals surface area (Å²) >= 11 is 0. The molecule has 1 fully saturated rings. The van der Waals surface area contributed by atoms with Gasteiger partial charge in [-0.05, 0) is 32.0 Å². The second kappa shape index (κ2) is 5.32. The van der Waals surface area contributed by atoms with Gasteiger partial charge in [-0.2, -0.15) is 5.10 Å². The average molecular weight is 274 g/mol. The highest BCUT2D eigenvalue weighted by Gasteiger charge is 2.22. The van der Waals surface area contributed by atoms with Crippen molar-refractivity contribution in [2.75, 3.05) is 38.2 Å². The molecular weight excluding hydrogens is 252 g/mol. The zero-order valence-corrected chi connectivity index (χ0v) is 12.4. The van der Waals surface area contributed by atoms with E-state index in [0.29, 0.717) is 6.04 Å². The van der Waals surface area contributed by atoms with E-state index in [1.165, 1.54) is 0 Å². The van der Waals surface area contributed by atoms with Crippen LogP contribution < -0.4 is 9.64 Å². The molecule has 0 atom stereocenters. The molecule has 1 saturated heterocycles. The number of H-pyrrole nitrogens is 1. The van der Waals surface area contributed by atoms with Gasteiger partial charge in [0.25, 0.3) is 0 Å². The monoisotopic (exact) mass is 274 g/mol. The van der Waals surface area contributed by atoms with E-state index in [2.05, 4.69) is 39.9 Å². The van der Waals surface area contributed by atoms with Gasteiger partial charge in [0, 0.05) is 37.6 Å². The van der Waals surface area contributed by atoms with Crippen LogP contribution >= 0.6 is 0 Å². The third kappa shape index (κ3) is 2.33. The van der Waals surface area contributed by atoms with Gasteiger partial charge in [0.2, 0.25) is 0 Å². The Kier molecular flexibility index (Phi) is 3.53. The van der Waals surface area contributed by atoms with Crippen LogP contribution in [0.5, 0.6) is 5.75 Å². The van der Waals surface area contributed by atoms with Crippen molar-refractivity contribution in [3.05, 3.63) is 18.2 Å². The largest absolute Gasteiger partial charge is 0.497 e. The minimum atomic E-state index is 0.619. The molecule has 3 rings (SSSR count). The van der Waals surface area contributed by atoms with Crippen LogP contribution in [0.15, 0.2) is 18.2 Å². The quantitative estimate of drug-likeness (QED) is 0.931. The van der Waals surface area contributed by atoms with Gasteiger partial charge in [-0.15, -0.1) is 0 Å². The van der Waals surface area contributed by atoms with Crippen molar-refractivity contribution in [2.24, 2.45) is 0 Å². The summed E-state index contributed by atoms with van der Waals surface area (Å²) in [6, 6.07) is 6.66. The van der Waals surface area contributed by atoms with Crippen LogP contribution in [0.25, 0.3) is 10.9 Å².